The summed E-state index contributed by atoms with van der Waals surface area (Å²) in [6.45, 7) is 2.20. The fraction of sp³-hybridized carbons (Fsp3) is 0.250. The fourth-order valence-corrected chi connectivity index (χ4v) is 2.32. The summed E-state index contributed by atoms with van der Waals surface area (Å²) in [7, 11) is 1.69. The highest BCUT2D eigenvalue weighted by atomic mass is 16.5. The van der Waals surface area contributed by atoms with Gasteiger partial charge in [-0.2, -0.15) is 0 Å². The number of rotatable bonds is 7. The smallest absolute Gasteiger partial charge is 0.150 e. The Balaban J connectivity index is 2.21. The Hall–Kier alpha value is -2.35. The van der Waals surface area contributed by atoms with Crippen molar-refractivity contribution in [3.05, 3.63) is 64.7 Å². The summed E-state index contributed by atoms with van der Waals surface area (Å²) in [5.41, 5.74) is 4.16. The van der Waals surface area contributed by atoms with Crippen LogP contribution in [0.4, 0.5) is 0 Å². The van der Waals surface area contributed by atoms with Crippen LogP contribution in [-0.2, 0) is 6.42 Å². The molecule has 0 aliphatic carbocycles. The summed E-state index contributed by atoms with van der Waals surface area (Å²) in [5, 5.41) is 0. The second-order valence-electron chi connectivity index (χ2n) is 5.30. The van der Waals surface area contributed by atoms with Crippen molar-refractivity contribution in [3.63, 3.8) is 0 Å². The highest BCUT2D eigenvalue weighted by Crippen LogP contribution is 2.23. The molecule has 0 N–H and O–H groups in total. The van der Waals surface area contributed by atoms with Crippen molar-refractivity contribution in [1.29, 1.82) is 0 Å². The SMILES string of the molecule is CCCCc1ccc(OC)c(/C=C/c2ccc(C=O)cc2)c1. The largest absolute Gasteiger partial charge is 0.496 e. The molecule has 0 spiro atoms. The van der Waals surface area contributed by atoms with Gasteiger partial charge in [0.05, 0.1) is 7.11 Å². The first-order valence-corrected chi connectivity index (χ1v) is 7.67. The second kappa shape index (κ2) is 8.18. The van der Waals surface area contributed by atoms with Crippen molar-refractivity contribution in [2.75, 3.05) is 7.11 Å². The van der Waals surface area contributed by atoms with Gasteiger partial charge in [-0.15, -0.1) is 0 Å². The first-order valence-electron chi connectivity index (χ1n) is 7.67. The Morgan fingerprint density at radius 3 is 2.36 bits per heavy atom. The van der Waals surface area contributed by atoms with Gasteiger partial charge in [-0.3, -0.25) is 4.79 Å². The van der Waals surface area contributed by atoms with E-state index in [1.165, 1.54) is 18.4 Å². The van der Waals surface area contributed by atoms with E-state index in [-0.39, 0.29) is 0 Å². The molecule has 0 bridgehead atoms. The molecule has 0 saturated heterocycles. The van der Waals surface area contributed by atoms with Gasteiger partial charge in [-0.1, -0.05) is 55.8 Å². The number of aldehydes is 1. The quantitative estimate of drug-likeness (QED) is 0.529. The summed E-state index contributed by atoms with van der Waals surface area (Å²) in [6.07, 6.45) is 8.44. The molecule has 2 aromatic rings. The molecule has 0 aliphatic rings. The van der Waals surface area contributed by atoms with Crippen LogP contribution in [0.5, 0.6) is 5.75 Å². The third-order valence-corrected chi connectivity index (χ3v) is 3.64. The van der Waals surface area contributed by atoms with E-state index in [1.54, 1.807) is 7.11 Å². The Labute approximate surface area is 132 Å². The molecule has 2 heteroatoms. The summed E-state index contributed by atoms with van der Waals surface area (Å²) in [5.74, 6) is 0.876. The summed E-state index contributed by atoms with van der Waals surface area (Å²) < 4.78 is 5.43. The van der Waals surface area contributed by atoms with Gasteiger partial charge >= 0.3 is 0 Å². The first kappa shape index (κ1) is 16.0. The number of aryl methyl sites for hydroxylation is 1. The van der Waals surface area contributed by atoms with E-state index in [4.69, 9.17) is 4.74 Å². The topological polar surface area (TPSA) is 26.3 Å². The summed E-state index contributed by atoms with van der Waals surface area (Å²) in [4.78, 5) is 10.7. The normalized spacial score (nSPS) is 10.8. The Kier molecular flexibility index (Phi) is 5.96. The van der Waals surface area contributed by atoms with Gasteiger partial charge in [-0.05, 0) is 36.1 Å². The van der Waals surface area contributed by atoms with Crippen LogP contribution < -0.4 is 4.74 Å². The van der Waals surface area contributed by atoms with Crippen molar-refractivity contribution in [2.45, 2.75) is 26.2 Å². The maximum atomic E-state index is 10.7. The Bertz CT molecular complexity index is 639. The molecule has 0 heterocycles. The number of hydrogen-bond donors (Lipinski definition) is 0. The van der Waals surface area contributed by atoms with Crippen LogP contribution in [0.2, 0.25) is 0 Å². The van der Waals surface area contributed by atoms with Gasteiger partial charge in [0.25, 0.3) is 0 Å². The van der Waals surface area contributed by atoms with Crippen LogP contribution in [-0.4, -0.2) is 13.4 Å². The predicted octanol–water partition coefficient (Wildman–Crippen LogP) is 5.02. The molecule has 0 radical (unpaired) electrons. The molecule has 114 valence electrons. The molecule has 2 rings (SSSR count). The zero-order valence-electron chi connectivity index (χ0n) is 13.2. The van der Waals surface area contributed by atoms with E-state index in [0.717, 1.165) is 29.6 Å². The third-order valence-electron chi connectivity index (χ3n) is 3.64. The molecule has 22 heavy (non-hydrogen) atoms. The first-order chi connectivity index (χ1) is 10.8. The van der Waals surface area contributed by atoms with Crippen molar-refractivity contribution < 1.29 is 9.53 Å². The van der Waals surface area contributed by atoms with Gasteiger partial charge in [0.15, 0.2) is 0 Å². The van der Waals surface area contributed by atoms with Gasteiger partial charge in [0, 0.05) is 11.1 Å². The monoisotopic (exact) mass is 294 g/mol. The van der Waals surface area contributed by atoms with Crippen molar-refractivity contribution in [2.24, 2.45) is 0 Å². The second-order valence-corrected chi connectivity index (χ2v) is 5.30. The highest BCUT2D eigenvalue weighted by Gasteiger charge is 2.02. The molecular formula is C20H22O2. The molecule has 0 amide bonds. The Morgan fingerprint density at radius 1 is 1.00 bits per heavy atom. The van der Waals surface area contributed by atoms with Gasteiger partial charge in [-0.25, -0.2) is 0 Å². The van der Waals surface area contributed by atoms with Gasteiger partial charge in [0.2, 0.25) is 0 Å². The lowest BCUT2D eigenvalue weighted by atomic mass is 10.0. The van der Waals surface area contributed by atoms with Gasteiger partial charge < -0.3 is 4.74 Å². The Morgan fingerprint density at radius 2 is 1.73 bits per heavy atom. The molecule has 0 saturated carbocycles. The van der Waals surface area contributed by atoms with E-state index in [0.29, 0.717) is 5.56 Å². The maximum Gasteiger partial charge on any atom is 0.150 e. The number of unbranched alkanes of at least 4 members (excludes halogenated alkanes) is 1. The molecule has 2 aromatic carbocycles. The molecule has 0 fully saturated rings. The zero-order chi connectivity index (χ0) is 15.8. The number of ether oxygens (including phenoxy) is 1. The van der Waals surface area contributed by atoms with Crippen LogP contribution in [0.3, 0.4) is 0 Å². The molecule has 0 unspecified atom stereocenters. The van der Waals surface area contributed by atoms with E-state index in [1.807, 2.05) is 36.4 Å². The maximum absolute atomic E-state index is 10.7. The van der Waals surface area contributed by atoms with Crippen molar-refractivity contribution >= 4 is 18.4 Å². The molecule has 0 aromatic heterocycles. The fourth-order valence-electron chi connectivity index (χ4n) is 2.32. The zero-order valence-corrected chi connectivity index (χ0v) is 13.2. The summed E-state index contributed by atoms with van der Waals surface area (Å²) in [6, 6.07) is 13.9. The average Bonchev–Trinajstić information content (AvgIpc) is 2.58. The number of carbonyl (C=O) groups excluding carboxylic acids is 1. The van der Waals surface area contributed by atoms with Crippen molar-refractivity contribution in [1.82, 2.24) is 0 Å². The number of carbonyl (C=O) groups is 1. The van der Waals surface area contributed by atoms with E-state index in [2.05, 4.69) is 25.1 Å². The summed E-state index contributed by atoms with van der Waals surface area (Å²) >= 11 is 0. The number of hydrogen-bond acceptors (Lipinski definition) is 2. The molecule has 0 aliphatic heterocycles. The van der Waals surface area contributed by atoms with Crippen LogP contribution in [0.1, 0.15) is 46.8 Å². The van der Waals surface area contributed by atoms with Crippen molar-refractivity contribution in [3.8, 4) is 5.75 Å². The third kappa shape index (κ3) is 4.32. The minimum atomic E-state index is 0.691. The standard InChI is InChI=1S/C20H22O2/c1-3-4-5-17-11-13-20(22-2)19(14-17)12-10-16-6-8-18(15-21)9-7-16/h6-15H,3-5H2,1-2H3/b12-10+. The lowest BCUT2D eigenvalue weighted by Crippen LogP contribution is -1.91. The number of methoxy groups -OCH3 is 1. The minimum Gasteiger partial charge on any atom is -0.496 e. The van der Waals surface area contributed by atoms with Crippen LogP contribution >= 0.6 is 0 Å². The van der Waals surface area contributed by atoms with E-state index < -0.39 is 0 Å². The molecular weight excluding hydrogens is 272 g/mol. The molecule has 2 nitrogen and oxygen atoms in total. The average molecular weight is 294 g/mol. The minimum absolute atomic E-state index is 0.691. The lowest BCUT2D eigenvalue weighted by Gasteiger charge is -2.08. The van der Waals surface area contributed by atoms with Crippen LogP contribution in [0.25, 0.3) is 12.2 Å². The van der Waals surface area contributed by atoms with Gasteiger partial charge in [0.1, 0.15) is 12.0 Å². The van der Waals surface area contributed by atoms with Crippen LogP contribution in [0.15, 0.2) is 42.5 Å². The van der Waals surface area contributed by atoms with E-state index >= 15 is 0 Å². The van der Waals surface area contributed by atoms with E-state index in [9.17, 15) is 4.79 Å². The highest BCUT2D eigenvalue weighted by molar-refractivity contribution is 5.77. The predicted molar refractivity (Wildman–Crippen MR) is 92.4 cm³/mol. The van der Waals surface area contributed by atoms with Crippen LogP contribution in [0, 0.1) is 0 Å². The number of benzene rings is 2. The molecule has 0 atom stereocenters. The lowest BCUT2D eigenvalue weighted by molar-refractivity contribution is 0.112.